The molecule has 3 heteroatoms. The first-order valence-electron chi connectivity index (χ1n) is 8.95. The van der Waals surface area contributed by atoms with E-state index in [1.807, 2.05) is 24.3 Å². The van der Waals surface area contributed by atoms with Gasteiger partial charge in [0, 0.05) is 5.69 Å². The van der Waals surface area contributed by atoms with E-state index in [4.69, 9.17) is 0 Å². The third kappa shape index (κ3) is 4.93. The van der Waals surface area contributed by atoms with Crippen LogP contribution >= 0.6 is 0 Å². The predicted octanol–water partition coefficient (Wildman–Crippen LogP) is 4.09. The minimum absolute atomic E-state index is 0.0948. The minimum Gasteiger partial charge on any atom is -0.325 e. The van der Waals surface area contributed by atoms with Crippen molar-refractivity contribution >= 4 is 11.6 Å². The number of rotatable bonds is 5. The van der Waals surface area contributed by atoms with E-state index >= 15 is 0 Å². The molecule has 0 aliphatic carbocycles. The van der Waals surface area contributed by atoms with Crippen molar-refractivity contribution in [2.45, 2.75) is 32.1 Å². The Hall–Kier alpha value is -2.13. The SMILES string of the molecule is O=C(CN1CCCCCC1)Nc1ccccc1Cc1ccccc1. The maximum atomic E-state index is 12.4. The number of carbonyl (C=O) groups excluding carboxylic acids is 1. The van der Waals surface area contributed by atoms with E-state index < -0.39 is 0 Å². The van der Waals surface area contributed by atoms with Crippen molar-refractivity contribution in [3.8, 4) is 0 Å². The molecule has 0 bridgehead atoms. The topological polar surface area (TPSA) is 32.3 Å². The van der Waals surface area contributed by atoms with Gasteiger partial charge in [0.2, 0.25) is 5.91 Å². The standard InChI is InChI=1S/C21H26N2O/c24-21(17-23-14-8-1-2-9-15-23)22-20-13-7-6-12-19(20)16-18-10-4-3-5-11-18/h3-7,10-13H,1-2,8-9,14-17H2,(H,22,24). The van der Waals surface area contributed by atoms with Crippen LogP contribution in [0.25, 0.3) is 0 Å². The molecule has 3 rings (SSSR count). The Morgan fingerprint density at radius 3 is 2.29 bits per heavy atom. The average Bonchev–Trinajstić information content (AvgIpc) is 2.86. The molecule has 0 unspecified atom stereocenters. The van der Waals surface area contributed by atoms with Crippen LogP contribution in [0, 0.1) is 0 Å². The number of likely N-dealkylation sites (tertiary alicyclic amines) is 1. The zero-order valence-electron chi connectivity index (χ0n) is 14.2. The first-order chi connectivity index (χ1) is 11.8. The molecule has 3 nitrogen and oxygen atoms in total. The third-order valence-electron chi connectivity index (χ3n) is 4.59. The fraction of sp³-hybridized carbons (Fsp3) is 0.381. The molecule has 1 N–H and O–H groups in total. The third-order valence-corrected chi connectivity index (χ3v) is 4.59. The van der Waals surface area contributed by atoms with Gasteiger partial charge in [0.1, 0.15) is 0 Å². The molecule has 0 atom stereocenters. The smallest absolute Gasteiger partial charge is 0.238 e. The summed E-state index contributed by atoms with van der Waals surface area (Å²) in [5, 5.41) is 3.12. The van der Waals surface area contributed by atoms with Gasteiger partial charge >= 0.3 is 0 Å². The summed E-state index contributed by atoms with van der Waals surface area (Å²) in [5.74, 6) is 0.0948. The van der Waals surface area contributed by atoms with E-state index in [2.05, 4.69) is 40.5 Å². The van der Waals surface area contributed by atoms with Crippen LogP contribution in [-0.4, -0.2) is 30.4 Å². The largest absolute Gasteiger partial charge is 0.325 e. The molecule has 1 saturated heterocycles. The van der Waals surface area contributed by atoms with Gasteiger partial charge in [-0.1, -0.05) is 61.4 Å². The van der Waals surface area contributed by atoms with Crippen molar-refractivity contribution < 1.29 is 4.79 Å². The number of amides is 1. The molecule has 0 radical (unpaired) electrons. The second-order valence-corrected chi connectivity index (χ2v) is 6.56. The lowest BCUT2D eigenvalue weighted by Crippen LogP contribution is -2.34. The Kier molecular flexibility index (Phi) is 6.02. The predicted molar refractivity (Wildman–Crippen MR) is 99.2 cm³/mol. The molecule has 1 fully saturated rings. The zero-order chi connectivity index (χ0) is 16.6. The number of anilines is 1. The molecule has 1 amide bonds. The number of nitrogens with zero attached hydrogens (tertiary/aromatic N) is 1. The first kappa shape index (κ1) is 16.7. The van der Waals surface area contributed by atoms with Gasteiger partial charge in [-0.05, 0) is 49.5 Å². The van der Waals surface area contributed by atoms with Gasteiger partial charge in [-0.3, -0.25) is 9.69 Å². The molecule has 0 aromatic heterocycles. The van der Waals surface area contributed by atoms with Gasteiger partial charge in [-0.15, -0.1) is 0 Å². The lowest BCUT2D eigenvalue weighted by molar-refractivity contribution is -0.117. The molecule has 1 heterocycles. The van der Waals surface area contributed by atoms with Crippen molar-refractivity contribution in [2.24, 2.45) is 0 Å². The average molecular weight is 322 g/mol. The number of benzene rings is 2. The Morgan fingerprint density at radius 2 is 1.54 bits per heavy atom. The van der Waals surface area contributed by atoms with Gasteiger partial charge in [-0.2, -0.15) is 0 Å². The highest BCUT2D eigenvalue weighted by Gasteiger charge is 2.14. The zero-order valence-corrected chi connectivity index (χ0v) is 14.2. The maximum absolute atomic E-state index is 12.4. The van der Waals surface area contributed by atoms with Crippen LogP contribution in [0.3, 0.4) is 0 Å². The van der Waals surface area contributed by atoms with Crippen LogP contribution < -0.4 is 5.32 Å². The van der Waals surface area contributed by atoms with Gasteiger partial charge in [0.05, 0.1) is 6.54 Å². The van der Waals surface area contributed by atoms with Crippen molar-refractivity contribution in [1.29, 1.82) is 0 Å². The van der Waals surface area contributed by atoms with Crippen molar-refractivity contribution in [1.82, 2.24) is 4.90 Å². The Balaban J connectivity index is 1.63. The van der Waals surface area contributed by atoms with Crippen LogP contribution in [0.2, 0.25) is 0 Å². The number of nitrogens with one attached hydrogen (secondary N) is 1. The van der Waals surface area contributed by atoms with Crippen LogP contribution in [-0.2, 0) is 11.2 Å². The fourth-order valence-electron chi connectivity index (χ4n) is 3.30. The van der Waals surface area contributed by atoms with E-state index in [-0.39, 0.29) is 5.91 Å². The number of carbonyl (C=O) groups is 1. The summed E-state index contributed by atoms with van der Waals surface area (Å²) in [7, 11) is 0. The first-order valence-corrected chi connectivity index (χ1v) is 8.95. The summed E-state index contributed by atoms with van der Waals surface area (Å²) in [4.78, 5) is 14.7. The molecule has 126 valence electrons. The highest BCUT2D eigenvalue weighted by atomic mass is 16.2. The number of para-hydroxylation sites is 1. The Bertz CT molecular complexity index is 646. The molecule has 0 spiro atoms. The van der Waals surface area contributed by atoms with Crippen LogP contribution in [0.5, 0.6) is 0 Å². The summed E-state index contributed by atoms with van der Waals surface area (Å²) in [6.07, 6.45) is 5.83. The summed E-state index contributed by atoms with van der Waals surface area (Å²) < 4.78 is 0. The lowest BCUT2D eigenvalue weighted by Gasteiger charge is -2.19. The highest BCUT2D eigenvalue weighted by Crippen LogP contribution is 2.19. The van der Waals surface area contributed by atoms with Gasteiger partial charge in [0.15, 0.2) is 0 Å². The summed E-state index contributed by atoms with van der Waals surface area (Å²) in [6.45, 7) is 2.58. The van der Waals surface area contributed by atoms with Crippen molar-refractivity contribution in [2.75, 3.05) is 25.0 Å². The van der Waals surface area contributed by atoms with E-state index in [1.54, 1.807) is 0 Å². The van der Waals surface area contributed by atoms with E-state index in [9.17, 15) is 4.79 Å². The monoisotopic (exact) mass is 322 g/mol. The van der Waals surface area contributed by atoms with Crippen LogP contribution in [0.4, 0.5) is 5.69 Å². The fourth-order valence-corrected chi connectivity index (χ4v) is 3.30. The Morgan fingerprint density at radius 1 is 0.875 bits per heavy atom. The van der Waals surface area contributed by atoms with E-state index in [1.165, 1.54) is 31.2 Å². The molecule has 1 aliphatic rings. The number of hydrogen-bond acceptors (Lipinski definition) is 2. The highest BCUT2D eigenvalue weighted by molar-refractivity contribution is 5.93. The summed E-state index contributed by atoms with van der Waals surface area (Å²) >= 11 is 0. The number of hydrogen-bond donors (Lipinski definition) is 1. The molecular formula is C21H26N2O. The Labute approximate surface area is 144 Å². The van der Waals surface area contributed by atoms with Gasteiger partial charge in [-0.25, -0.2) is 0 Å². The normalized spacial score (nSPS) is 15.7. The second-order valence-electron chi connectivity index (χ2n) is 6.56. The van der Waals surface area contributed by atoms with Crippen LogP contribution in [0.15, 0.2) is 54.6 Å². The molecular weight excluding hydrogens is 296 g/mol. The van der Waals surface area contributed by atoms with Crippen molar-refractivity contribution in [3.63, 3.8) is 0 Å². The van der Waals surface area contributed by atoms with Gasteiger partial charge < -0.3 is 5.32 Å². The quantitative estimate of drug-likeness (QED) is 0.899. The molecule has 0 saturated carbocycles. The van der Waals surface area contributed by atoms with Gasteiger partial charge in [0.25, 0.3) is 0 Å². The minimum atomic E-state index is 0.0948. The van der Waals surface area contributed by atoms with E-state index in [0.717, 1.165) is 30.8 Å². The molecule has 24 heavy (non-hydrogen) atoms. The van der Waals surface area contributed by atoms with Crippen molar-refractivity contribution in [3.05, 3.63) is 65.7 Å². The molecule has 2 aromatic rings. The second kappa shape index (κ2) is 8.65. The summed E-state index contributed by atoms with van der Waals surface area (Å²) in [6, 6.07) is 18.5. The molecule has 2 aromatic carbocycles. The maximum Gasteiger partial charge on any atom is 0.238 e. The van der Waals surface area contributed by atoms with E-state index in [0.29, 0.717) is 6.54 Å². The lowest BCUT2D eigenvalue weighted by atomic mass is 10.0. The van der Waals surface area contributed by atoms with Crippen LogP contribution in [0.1, 0.15) is 36.8 Å². The summed E-state index contributed by atoms with van der Waals surface area (Å²) in [5.41, 5.74) is 3.35. The molecule has 1 aliphatic heterocycles.